The Hall–Kier alpha value is -2.36. The summed E-state index contributed by atoms with van der Waals surface area (Å²) in [5.41, 5.74) is 2.63. The monoisotopic (exact) mass is 387 g/mol. The van der Waals surface area contributed by atoms with Crippen LogP contribution in [-0.2, 0) is 22.0 Å². The predicted octanol–water partition coefficient (Wildman–Crippen LogP) is 2.68. The molecule has 1 aromatic carbocycles. The highest BCUT2D eigenvalue weighted by molar-refractivity contribution is 7.74. The molecule has 3 aromatic rings. The fourth-order valence-corrected chi connectivity index (χ4v) is 3.87. The van der Waals surface area contributed by atoms with Gasteiger partial charge >= 0.3 is 11.4 Å². The molecule has 2 heterocycles. The molecule has 8 nitrogen and oxygen atoms in total. The van der Waals surface area contributed by atoms with Crippen molar-refractivity contribution in [2.75, 3.05) is 11.9 Å². The average molecular weight is 387 g/mol. The van der Waals surface area contributed by atoms with Gasteiger partial charge in [-0.25, -0.2) is 15.0 Å². The number of imidazole rings is 1. The van der Waals surface area contributed by atoms with Gasteiger partial charge in [-0.1, -0.05) is 30.3 Å². The Morgan fingerprint density at radius 3 is 2.93 bits per heavy atom. The molecule has 1 saturated carbocycles. The van der Waals surface area contributed by atoms with Crippen molar-refractivity contribution >= 4 is 28.3 Å². The Labute approximate surface area is 159 Å². The Morgan fingerprint density at radius 2 is 2.11 bits per heavy atom. The molecule has 1 aliphatic rings. The molecular formula is C18H21N5O3S. The first kappa shape index (κ1) is 18.0. The van der Waals surface area contributed by atoms with E-state index in [0.29, 0.717) is 18.7 Å². The standard InChI is InChI=1S/C18H21N5O3S/c24-27(25)26-10-13-6-7-14(8-13)21-17-16-18(20-11-19-17)23-15(22-16)9-12-4-2-1-3-5-12/h1-5,11,13-14H,6-10H2,(H,24,25)(H2,19,20,21,22,23)/t13-,14?/m0/s1. The maximum Gasteiger partial charge on any atom is 0.301 e. The molecule has 1 aliphatic carbocycles. The van der Waals surface area contributed by atoms with E-state index < -0.39 is 11.4 Å². The molecule has 2 unspecified atom stereocenters. The highest BCUT2D eigenvalue weighted by Crippen LogP contribution is 2.29. The van der Waals surface area contributed by atoms with E-state index in [0.717, 1.165) is 36.4 Å². The zero-order valence-electron chi connectivity index (χ0n) is 14.7. The van der Waals surface area contributed by atoms with Gasteiger partial charge in [-0.05, 0) is 30.7 Å². The Kier molecular flexibility index (Phi) is 5.42. The lowest BCUT2D eigenvalue weighted by Gasteiger charge is -2.13. The summed E-state index contributed by atoms with van der Waals surface area (Å²) in [6, 6.07) is 10.4. The number of benzene rings is 1. The molecule has 3 N–H and O–H groups in total. The number of fused-ring (bicyclic) bond motifs is 1. The van der Waals surface area contributed by atoms with Crippen LogP contribution in [0.5, 0.6) is 0 Å². The number of hydrogen-bond donors (Lipinski definition) is 3. The first-order valence-electron chi connectivity index (χ1n) is 8.91. The minimum atomic E-state index is -2.20. The quantitative estimate of drug-likeness (QED) is 0.534. The lowest BCUT2D eigenvalue weighted by molar-refractivity contribution is 0.249. The average Bonchev–Trinajstić information content (AvgIpc) is 3.28. The summed E-state index contributed by atoms with van der Waals surface area (Å²) in [4.78, 5) is 16.6. The zero-order chi connectivity index (χ0) is 18.6. The predicted molar refractivity (Wildman–Crippen MR) is 102 cm³/mol. The third-order valence-electron chi connectivity index (χ3n) is 4.84. The highest BCUT2D eigenvalue weighted by Gasteiger charge is 2.26. The number of aromatic amines is 1. The number of hydrogen-bond acceptors (Lipinski definition) is 6. The van der Waals surface area contributed by atoms with E-state index in [1.54, 1.807) is 0 Å². The normalized spacial score (nSPS) is 20.8. The van der Waals surface area contributed by atoms with Gasteiger partial charge in [0.05, 0.1) is 6.61 Å². The van der Waals surface area contributed by atoms with Crippen LogP contribution in [-0.4, -0.2) is 41.3 Å². The molecule has 1 fully saturated rings. The molecule has 2 aromatic heterocycles. The van der Waals surface area contributed by atoms with Crippen molar-refractivity contribution in [3.63, 3.8) is 0 Å². The Morgan fingerprint density at radius 1 is 1.26 bits per heavy atom. The highest BCUT2D eigenvalue weighted by atomic mass is 32.2. The van der Waals surface area contributed by atoms with E-state index in [1.807, 2.05) is 18.2 Å². The van der Waals surface area contributed by atoms with Crippen molar-refractivity contribution in [3.8, 4) is 0 Å². The van der Waals surface area contributed by atoms with Crippen molar-refractivity contribution in [1.82, 2.24) is 19.9 Å². The summed E-state index contributed by atoms with van der Waals surface area (Å²) in [6.45, 7) is 0.297. The summed E-state index contributed by atoms with van der Waals surface area (Å²) >= 11 is -2.20. The second kappa shape index (κ2) is 8.12. The Bertz CT molecular complexity index is 933. The fraction of sp³-hybridized carbons (Fsp3) is 0.389. The van der Waals surface area contributed by atoms with Crippen LogP contribution < -0.4 is 5.32 Å². The van der Waals surface area contributed by atoms with E-state index in [-0.39, 0.29) is 12.0 Å². The topological polar surface area (TPSA) is 113 Å². The van der Waals surface area contributed by atoms with E-state index in [4.69, 9.17) is 8.74 Å². The number of aromatic nitrogens is 4. The molecular weight excluding hydrogens is 366 g/mol. The largest absolute Gasteiger partial charge is 0.365 e. The summed E-state index contributed by atoms with van der Waals surface area (Å²) < 4.78 is 24.2. The van der Waals surface area contributed by atoms with Crippen molar-refractivity contribution in [2.45, 2.75) is 31.7 Å². The van der Waals surface area contributed by atoms with E-state index in [1.165, 1.54) is 11.9 Å². The van der Waals surface area contributed by atoms with Crippen molar-refractivity contribution in [2.24, 2.45) is 5.92 Å². The lowest BCUT2D eigenvalue weighted by Crippen LogP contribution is -2.18. The lowest BCUT2D eigenvalue weighted by atomic mass is 10.1. The molecule has 0 amide bonds. The molecule has 0 aliphatic heterocycles. The summed E-state index contributed by atoms with van der Waals surface area (Å²) in [6.07, 6.45) is 5.00. The number of nitrogens with zero attached hydrogens (tertiary/aromatic N) is 3. The van der Waals surface area contributed by atoms with Crippen LogP contribution in [0.25, 0.3) is 11.2 Å². The second-order valence-electron chi connectivity index (χ2n) is 6.79. The summed E-state index contributed by atoms with van der Waals surface area (Å²) in [7, 11) is 0. The van der Waals surface area contributed by atoms with Gasteiger partial charge in [0, 0.05) is 12.5 Å². The van der Waals surface area contributed by atoms with Crippen LogP contribution in [0.1, 0.15) is 30.7 Å². The van der Waals surface area contributed by atoms with Gasteiger partial charge < -0.3 is 10.3 Å². The third kappa shape index (κ3) is 4.49. The number of H-pyrrole nitrogens is 1. The molecule has 3 atom stereocenters. The minimum Gasteiger partial charge on any atom is -0.365 e. The van der Waals surface area contributed by atoms with Gasteiger partial charge in [-0.2, -0.15) is 4.21 Å². The second-order valence-corrected chi connectivity index (χ2v) is 7.46. The molecule has 0 radical (unpaired) electrons. The van der Waals surface area contributed by atoms with Gasteiger partial charge in [0.15, 0.2) is 11.5 Å². The van der Waals surface area contributed by atoms with Crippen LogP contribution in [0, 0.1) is 5.92 Å². The zero-order valence-corrected chi connectivity index (χ0v) is 15.5. The van der Waals surface area contributed by atoms with Gasteiger partial charge in [-0.15, -0.1) is 0 Å². The summed E-state index contributed by atoms with van der Waals surface area (Å²) in [5.74, 6) is 1.86. The van der Waals surface area contributed by atoms with Crippen LogP contribution in [0.4, 0.5) is 5.82 Å². The van der Waals surface area contributed by atoms with Crippen LogP contribution in [0.3, 0.4) is 0 Å². The molecule has 0 spiro atoms. The van der Waals surface area contributed by atoms with E-state index in [9.17, 15) is 4.21 Å². The van der Waals surface area contributed by atoms with Crippen LogP contribution in [0.15, 0.2) is 36.7 Å². The van der Waals surface area contributed by atoms with Gasteiger partial charge in [0.25, 0.3) is 0 Å². The van der Waals surface area contributed by atoms with Crippen molar-refractivity contribution in [1.29, 1.82) is 0 Å². The molecule has 4 rings (SSSR count). The molecule has 142 valence electrons. The minimum absolute atomic E-state index is 0.240. The molecule has 0 bridgehead atoms. The first-order valence-corrected chi connectivity index (χ1v) is 9.94. The number of anilines is 1. The fourth-order valence-electron chi connectivity index (χ4n) is 3.56. The van der Waals surface area contributed by atoms with E-state index in [2.05, 4.69) is 37.4 Å². The maximum absolute atomic E-state index is 10.7. The van der Waals surface area contributed by atoms with Crippen LogP contribution in [0.2, 0.25) is 0 Å². The van der Waals surface area contributed by atoms with Crippen molar-refractivity contribution < 1.29 is 12.9 Å². The van der Waals surface area contributed by atoms with Gasteiger partial charge in [0.2, 0.25) is 0 Å². The smallest absolute Gasteiger partial charge is 0.301 e. The van der Waals surface area contributed by atoms with Gasteiger partial charge in [0.1, 0.15) is 17.7 Å². The van der Waals surface area contributed by atoms with Crippen molar-refractivity contribution in [3.05, 3.63) is 48.0 Å². The number of rotatable bonds is 7. The van der Waals surface area contributed by atoms with E-state index >= 15 is 0 Å². The SMILES string of the molecule is O=S(O)OC[C@H]1CCC(Nc2ncnc3nc(Cc4ccccc4)[nH]c23)C1. The van der Waals surface area contributed by atoms with Crippen LogP contribution >= 0.6 is 0 Å². The molecule has 27 heavy (non-hydrogen) atoms. The number of nitrogens with one attached hydrogen (secondary N) is 2. The third-order valence-corrected chi connectivity index (χ3v) is 5.18. The van der Waals surface area contributed by atoms with Gasteiger partial charge in [-0.3, -0.25) is 8.74 Å². The maximum atomic E-state index is 10.7. The first-order chi connectivity index (χ1) is 13.2. The molecule has 0 saturated heterocycles. The molecule has 9 heteroatoms. The summed E-state index contributed by atoms with van der Waals surface area (Å²) in [5, 5.41) is 3.46. The Balaban J connectivity index is 1.45.